The number of rotatable bonds is 10. The van der Waals surface area contributed by atoms with Crippen molar-refractivity contribution < 1.29 is 0 Å². The molecule has 3 atom stereocenters. The first-order chi connectivity index (χ1) is 9.77. The van der Waals surface area contributed by atoms with Gasteiger partial charge in [-0.25, -0.2) is 0 Å². The highest BCUT2D eigenvalue weighted by atomic mass is 14.2. The summed E-state index contributed by atoms with van der Waals surface area (Å²) in [5, 5.41) is 8.68. The first kappa shape index (κ1) is 19.7. The van der Waals surface area contributed by atoms with E-state index in [0.717, 1.165) is 29.7 Å². The van der Waals surface area contributed by atoms with E-state index in [-0.39, 0.29) is 0 Å². The lowest BCUT2D eigenvalue weighted by Gasteiger charge is -2.22. The maximum Gasteiger partial charge on any atom is 0.0985 e. The summed E-state index contributed by atoms with van der Waals surface area (Å²) < 4.78 is 0. The fourth-order valence-electron chi connectivity index (χ4n) is 2.27. The largest absolute Gasteiger partial charge is 0.192 e. The van der Waals surface area contributed by atoms with Crippen molar-refractivity contribution in [2.45, 2.75) is 60.3 Å². The SMILES string of the molecule is C=C(C#N)/C=C\C(=C)C(C)CCC(C)C(C)CCC(C)C. The summed E-state index contributed by atoms with van der Waals surface area (Å²) in [5.41, 5.74) is 1.58. The third kappa shape index (κ3) is 9.29. The molecular weight excluding hydrogens is 254 g/mol. The molecule has 0 fully saturated rings. The summed E-state index contributed by atoms with van der Waals surface area (Å²) in [4.78, 5) is 0. The van der Waals surface area contributed by atoms with Crippen LogP contribution < -0.4 is 0 Å². The summed E-state index contributed by atoms with van der Waals surface area (Å²) in [6.07, 6.45) is 8.75. The van der Waals surface area contributed by atoms with Gasteiger partial charge in [0.25, 0.3) is 0 Å². The van der Waals surface area contributed by atoms with Gasteiger partial charge in [-0.1, -0.05) is 72.3 Å². The van der Waals surface area contributed by atoms with Crippen molar-refractivity contribution in [3.8, 4) is 6.07 Å². The fraction of sp³-hybridized carbons (Fsp3) is 0.650. The van der Waals surface area contributed by atoms with Crippen molar-refractivity contribution in [3.05, 3.63) is 36.5 Å². The minimum Gasteiger partial charge on any atom is -0.192 e. The van der Waals surface area contributed by atoms with Crippen molar-refractivity contribution in [1.82, 2.24) is 0 Å². The first-order valence-electron chi connectivity index (χ1n) is 8.23. The maximum atomic E-state index is 8.68. The van der Waals surface area contributed by atoms with E-state index in [4.69, 9.17) is 5.26 Å². The van der Waals surface area contributed by atoms with Gasteiger partial charge in [0.2, 0.25) is 0 Å². The number of hydrogen-bond acceptors (Lipinski definition) is 1. The standard InChI is InChI=1S/C20H33N/c1-15(2)8-10-17(4)19(6)12-13-20(7)18(5)11-9-16(3)14-21/h9,11,15,17,19-20H,3,5,8,10,12-13H2,1-2,4,6-7H3/b11-9-. The number of nitrogens with zero attached hydrogens (tertiary/aromatic N) is 1. The average molecular weight is 287 g/mol. The molecule has 0 heterocycles. The second-order valence-electron chi connectivity index (χ2n) is 6.95. The van der Waals surface area contributed by atoms with Crippen molar-refractivity contribution >= 4 is 0 Å². The summed E-state index contributed by atoms with van der Waals surface area (Å²) in [7, 11) is 0. The van der Waals surface area contributed by atoms with Crippen LogP contribution in [-0.2, 0) is 0 Å². The average Bonchev–Trinajstić information content (AvgIpc) is 2.46. The van der Waals surface area contributed by atoms with Gasteiger partial charge in [0.1, 0.15) is 0 Å². The molecule has 0 rings (SSSR count). The zero-order chi connectivity index (χ0) is 16.4. The highest BCUT2D eigenvalue weighted by Crippen LogP contribution is 2.27. The minimum absolute atomic E-state index is 0.465. The molecule has 0 aliphatic carbocycles. The van der Waals surface area contributed by atoms with Gasteiger partial charge < -0.3 is 0 Å². The molecule has 0 aliphatic heterocycles. The lowest BCUT2D eigenvalue weighted by atomic mass is 9.83. The molecule has 1 heteroatoms. The predicted octanol–water partition coefficient (Wildman–Crippen LogP) is 6.30. The van der Waals surface area contributed by atoms with Gasteiger partial charge in [-0.3, -0.25) is 0 Å². The highest BCUT2D eigenvalue weighted by Gasteiger charge is 2.14. The van der Waals surface area contributed by atoms with Crippen LogP contribution in [0.5, 0.6) is 0 Å². The highest BCUT2D eigenvalue weighted by molar-refractivity contribution is 5.33. The third-order valence-corrected chi connectivity index (χ3v) is 4.50. The summed E-state index contributed by atoms with van der Waals surface area (Å²) in [6, 6.07) is 2.03. The van der Waals surface area contributed by atoms with E-state index in [1.54, 1.807) is 6.08 Å². The molecule has 0 aliphatic rings. The second-order valence-corrected chi connectivity index (χ2v) is 6.95. The van der Waals surface area contributed by atoms with Crippen molar-refractivity contribution in [1.29, 1.82) is 5.26 Å². The number of nitriles is 1. The van der Waals surface area contributed by atoms with E-state index in [2.05, 4.69) is 47.8 Å². The molecule has 0 bridgehead atoms. The second kappa shape index (κ2) is 10.4. The van der Waals surface area contributed by atoms with Gasteiger partial charge in [0.15, 0.2) is 0 Å². The van der Waals surface area contributed by atoms with Gasteiger partial charge in [-0.05, 0) is 42.6 Å². The summed E-state index contributed by atoms with van der Waals surface area (Å²) in [6.45, 7) is 19.3. The molecule has 0 spiro atoms. The topological polar surface area (TPSA) is 23.8 Å². The van der Waals surface area contributed by atoms with Crippen molar-refractivity contribution in [2.75, 3.05) is 0 Å². The molecule has 118 valence electrons. The van der Waals surface area contributed by atoms with Gasteiger partial charge in [-0.15, -0.1) is 0 Å². The Bertz CT molecular complexity index is 395. The molecule has 0 radical (unpaired) electrons. The van der Waals surface area contributed by atoms with Crippen LogP contribution in [-0.4, -0.2) is 0 Å². The normalized spacial score (nSPS) is 15.7. The van der Waals surface area contributed by atoms with Gasteiger partial charge in [0.05, 0.1) is 6.07 Å². The molecule has 1 nitrogen and oxygen atoms in total. The number of hydrogen-bond donors (Lipinski definition) is 0. The van der Waals surface area contributed by atoms with E-state index < -0.39 is 0 Å². The molecule has 0 saturated heterocycles. The molecule has 0 saturated carbocycles. The lowest BCUT2D eigenvalue weighted by molar-refractivity contribution is 0.306. The van der Waals surface area contributed by atoms with Crippen LogP contribution in [0, 0.1) is 35.0 Å². The monoisotopic (exact) mass is 287 g/mol. The molecule has 0 aromatic rings. The Balaban J connectivity index is 4.14. The first-order valence-corrected chi connectivity index (χ1v) is 8.23. The van der Waals surface area contributed by atoms with Crippen LogP contribution in [0.4, 0.5) is 0 Å². The molecule has 3 unspecified atom stereocenters. The molecule has 0 N–H and O–H groups in total. The Kier molecular flexibility index (Phi) is 9.80. The van der Waals surface area contributed by atoms with E-state index in [1.165, 1.54) is 19.3 Å². The molecule has 21 heavy (non-hydrogen) atoms. The van der Waals surface area contributed by atoms with Crippen LogP contribution in [0.1, 0.15) is 60.3 Å². The quantitative estimate of drug-likeness (QED) is 0.341. The Labute approximate surface area is 132 Å². The van der Waals surface area contributed by atoms with Gasteiger partial charge in [-0.2, -0.15) is 5.26 Å². The molecule has 0 aromatic heterocycles. The molecular formula is C20H33N. The van der Waals surface area contributed by atoms with Crippen molar-refractivity contribution in [3.63, 3.8) is 0 Å². The number of allylic oxidation sites excluding steroid dienone is 4. The molecule has 0 aromatic carbocycles. The third-order valence-electron chi connectivity index (χ3n) is 4.50. The Morgan fingerprint density at radius 3 is 1.90 bits per heavy atom. The summed E-state index contributed by atoms with van der Waals surface area (Å²) >= 11 is 0. The van der Waals surface area contributed by atoms with Crippen LogP contribution in [0.2, 0.25) is 0 Å². The van der Waals surface area contributed by atoms with Gasteiger partial charge in [0, 0.05) is 5.57 Å². The van der Waals surface area contributed by atoms with Crippen LogP contribution in [0.25, 0.3) is 0 Å². The lowest BCUT2D eigenvalue weighted by Crippen LogP contribution is -2.11. The predicted molar refractivity (Wildman–Crippen MR) is 93.8 cm³/mol. The van der Waals surface area contributed by atoms with Crippen molar-refractivity contribution in [2.24, 2.45) is 23.7 Å². The van der Waals surface area contributed by atoms with Crippen LogP contribution >= 0.6 is 0 Å². The van der Waals surface area contributed by atoms with E-state index in [0.29, 0.717) is 11.5 Å². The fourth-order valence-corrected chi connectivity index (χ4v) is 2.27. The smallest absolute Gasteiger partial charge is 0.0985 e. The van der Waals surface area contributed by atoms with E-state index in [1.807, 2.05) is 12.1 Å². The molecule has 0 amide bonds. The van der Waals surface area contributed by atoms with Gasteiger partial charge >= 0.3 is 0 Å². The zero-order valence-electron chi connectivity index (χ0n) is 14.7. The Morgan fingerprint density at radius 2 is 1.43 bits per heavy atom. The minimum atomic E-state index is 0.465. The van der Waals surface area contributed by atoms with Crippen LogP contribution in [0.3, 0.4) is 0 Å². The summed E-state index contributed by atoms with van der Waals surface area (Å²) in [5.74, 6) is 2.82. The zero-order valence-corrected chi connectivity index (χ0v) is 14.7. The van der Waals surface area contributed by atoms with E-state index in [9.17, 15) is 0 Å². The van der Waals surface area contributed by atoms with E-state index >= 15 is 0 Å². The van der Waals surface area contributed by atoms with Crippen LogP contribution in [0.15, 0.2) is 36.5 Å². The maximum absolute atomic E-state index is 8.68. The Hall–Kier alpha value is -1.29. The Morgan fingerprint density at radius 1 is 0.905 bits per heavy atom.